The molecular weight excluding hydrogens is 423 g/mol. The van der Waals surface area contributed by atoms with Crippen molar-refractivity contribution in [3.8, 4) is 0 Å². The van der Waals surface area contributed by atoms with Crippen molar-refractivity contribution in [2.75, 3.05) is 21.0 Å². The Hall–Kier alpha value is -0.720. The van der Waals surface area contributed by atoms with Gasteiger partial charge in [-0.05, 0) is 97.7 Å². The van der Waals surface area contributed by atoms with Crippen molar-refractivity contribution in [2.24, 2.45) is 46.3 Å². The molecule has 0 spiro atoms. The van der Waals surface area contributed by atoms with Gasteiger partial charge in [-0.25, -0.2) is 4.39 Å². The molecule has 4 rings (SSSR count). The van der Waals surface area contributed by atoms with E-state index in [1.165, 1.54) is 20.0 Å². The molecule has 4 aliphatic carbocycles. The lowest BCUT2D eigenvalue weighted by Gasteiger charge is -2.63. The molecule has 0 heterocycles. The highest BCUT2D eigenvalue weighted by atomic mass is 19.1. The SMILES string of the molecule is COCO[C@@H]1C[C@@H]2C[C@@H](O)[C@@H](F)C[C@]2(C)C2CC[C@@]3(C)C(CC[C@@H]3[C@H](C)CCC(=O)OC)C21. The largest absolute Gasteiger partial charge is 0.469 e. The lowest BCUT2D eigenvalue weighted by molar-refractivity contribution is -0.215. The number of esters is 1. The first-order valence-corrected chi connectivity index (χ1v) is 13.1. The number of rotatable bonds is 7. The third-order valence-corrected chi connectivity index (χ3v) is 10.8. The van der Waals surface area contributed by atoms with Crippen LogP contribution in [0, 0.1) is 46.3 Å². The summed E-state index contributed by atoms with van der Waals surface area (Å²) >= 11 is 0. The van der Waals surface area contributed by atoms with Gasteiger partial charge in [0.05, 0.1) is 19.3 Å². The minimum atomic E-state index is -1.12. The van der Waals surface area contributed by atoms with E-state index in [9.17, 15) is 14.3 Å². The van der Waals surface area contributed by atoms with Crippen molar-refractivity contribution in [1.29, 1.82) is 0 Å². The van der Waals surface area contributed by atoms with Crippen LogP contribution in [-0.2, 0) is 19.0 Å². The van der Waals surface area contributed by atoms with E-state index in [-0.39, 0.29) is 29.7 Å². The van der Waals surface area contributed by atoms with Gasteiger partial charge in [-0.1, -0.05) is 20.8 Å². The van der Waals surface area contributed by atoms with Crippen molar-refractivity contribution < 1.29 is 28.5 Å². The van der Waals surface area contributed by atoms with Crippen LogP contribution in [0.25, 0.3) is 0 Å². The molecule has 4 saturated carbocycles. The molecule has 0 saturated heterocycles. The van der Waals surface area contributed by atoms with Gasteiger partial charge >= 0.3 is 5.97 Å². The van der Waals surface area contributed by atoms with Crippen LogP contribution in [0.4, 0.5) is 4.39 Å². The van der Waals surface area contributed by atoms with E-state index in [1.807, 2.05) is 0 Å². The van der Waals surface area contributed by atoms with E-state index < -0.39 is 12.3 Å². The Balaban J connectivity index is 1.59. The molecule has 4 fully saturated rings. The fraction of sp³-hybridized carbons (Fsp3) is 0.963. The van der Waals surface area contributed by atoms with Crippen molar-refractivity contribution in [3.05, 3.63) is 0 Å². The van der Waals surface area contributed by atoms with Crippen LogP contribution in [0.15, 0.2) is 0 Å². The number of hydrogen-bond donors (Lipinski definition) is 1. The second-order valence-corrected chi connectivity index (χ2v) is 12.2. The molecule has 190 valence electrons. The summed E-state index contributed by atoms with van der Waals surface area (Å²) in [7, 11) is 3.13. The van der Waals surface area contributed by atoms with Gasteiger partial charge in [0.1, 0.15) is 13.0 Å². The first kappa shape index (κ1) is 25.4. The van der Waals surface area contributed by atoms with Crippen LogP contribution < -0.4 is 0 Å². The summed E-state index contributed by atoms with van der Waals surface area (Å²) in [6, 6.07) is 0. The number of carbonyl (C=O) groups is 1. The van der Waals surface area contributed by atoms with Crippen LogP contribution in [0.1, 0.15) is 78.6 Å². The van der Waals surface area contributed by atoms with E-state index in [1.54, 1.807) is 7.11 Å². The zero-order valence-electron chi connectivity index (χ0n) is 21.2. The highest BCUT2D eigenvalue weighted by Gasteiger charge is 2.64. The third-order valence-electron chi connectivity index (χ3n) is 10.8. The quantitative estimate of drug-likeness (QED) is 0.414. The van der Waals surface area contributed by atoms with Gasteiger partial charge in [-0.2, -0.15) is 0 Å². The van der Waals surface area contributed by atoms with Crippen LogP contribution >= 0.6 is 0 Å². The number of methoxy groups -OCH3 is 2. The average molecular weight is 469 g/mol. The maximum absolute atomic E-state index is 14.8. The summed E-state index contributed by atoms with van der Waals surface area (Å²) in [6.45, 7) is 7.37. The fourth-order valence-corrected chi connectivity index (χ4v) is 9.13. The number of aliphatic hydroxyl groups excluding tert-OH is 1. The summed E-state index contributed by atoms with van der Waals surface area (Å²) in [5, 5.41) is 10.3. The van der Waals surface area contributed by atoms with E-state index in [0.717, 1.165) is 25.7 Å². The van der Waals surface area contributed by atoms with Gasteiger partial charge < -0.3 is 19.3 Å². The molecule has 0 radical (unpaired) electrons. The number of ether oxygens (including phenoxy) is 3. The maximum atomic E-state index is 14.8. The average Bonchev–Trinajstić information content (AvgIpc) is 3.14. The van der Waals surface area contributed by atoms with E-state index >= 15 is 0 Å². The van der Waals surface area contributed by atoms with E-state index in [2.05, 4.69) is 20.8 Å². The minimum absolute atomic E-state index is 0.0772. The molecule has 4 aliphatic rings. The molecular formula is C27H45FO5. The summed E-state index contributed by atoms with van der Waals surface area (Å²) in [6.07, 6.45) is 6.03. The maximum Gasteiger partial charge on any atom is 0.305 e. The first-order valence-electron chi connectivity index (χ1n) is 13.1. The van der Waals surface area contributed by atoms with Crippen LogP contribution in [0.3, 0.4) is 0 Å². The third kappa shape index (κ3) is 4.38. The molecule has 6 heteroatoms. The molecule has 33 heavy (non-hydrogen) atoms. The molecule has 11 atom stereocenters. The number of aliphatic hydroxyl groups is 1. The monoisotopic (exact) mass is 468 g/mol. The second-order valence-electron chi connectivity index (χ2n) is 12.2. The molecule has 5 nitrogen and oxygen atoms in total. The van der Waals surface area contributed by atoms with E-state index in [0.29, 0.717) is 54.8 Å². The predicted octanol–water partition coefficient (Wildman–Crippen LogP) is 5.14. The number of halogens is 1. The van der Waals surface area contributed by atoms with Gasteiger partial charge in [0, 0.05) is 13.5 Å². The Labute approximate surface area is 199 Å². The van der Waals surface area contributed by atoms with Crippen LogP contribution in [-0.4, -0.2) is 50.5 Å². The van der Waals surface area contributed by atoms with Gasteiger partial charge in [0.15, 0.2) is 0 Å². The van der Waals surface area contributed by atoms with Gasteiger partial charge in [-0.15, -0.1) is 0 Å². The molecule has 0 aromatic rings. The lowest BCUT2D eigenvalue weighted by Crippen LogP contribution is -2.60. The summed E-state index contributed by atoms with van der Waals surface area (Å²) < 4.78 is 31.3. The molecule has 3 unspecified atom stereocenters. The van der Waals surface area contributed by atoms with Gasteiger partial charge in [0.2, 0.25) is 0 Å². The topological polar surface area (TPSA) is 65.0 Å². The number of carbonyl (C=O) groups excluding carboxylic acids is 1. The highest BCUT2D eigenvalue weighted by molar-refractivity contribution is 5.69. The van der Waals surface area contributed by atoms with E-state index in [4.69, 9.17) is 14.2 Å². The normalized spacial score (nSPS) is 47.8. The van der Waals surface area contributed by atoms with Crippen molar-refractivity contribution in [3.63, 3.8) is 0 Å². The summed E-state index contributed by atoms with van der Waals surface area (Å²) in [5.74, 6) is 2.61. The van der Waals surface area contributed by atoms with Gasteiger partial charge in [0.25, 0.3) is 0 Å². The summed E-state index contributed by atoms with van der Waals surface area (Å²) in [4.78, 5) is 11.7. The van der Waals surface area contributed by atoms with Crippen molar-refractivity contribution in [1.82, 2.24) is 0 Å². The Morgan fingerprint density at radius 2 is 1.85 bits per heavy atom. The first-order chi connectivity index (χ1) is 15.7. The van der Waals surface area contributed by atoms with Crippen LogP contribution in [0.2, 0.25) is 0 Å². The number of hydrogen-bond acceptors (Lipinski definition) is 5. The zero-order chi connectivity index (χ0) is 24.0. The minimum Gasteiger partial charge on any atom is -0.469 e. The van der Waals surface area contributed by atoms with Gasteiger partial charge in [-0.3, -0.25) is 4.79 Å². The lowest BCUT2D eigenvalue weighted by atomic mass is 9.43. The molecule has 0 aromatic carbocycles. The Bertz CT molecular complexity index is 702. The predicted molar refractivity (Wildman–Crippen MR) is 124 cm³/mol. The second kappa shape index (κ2) is 9.73. The molecule has 0 bridgehead atoms. The molecule has 0 aromatic heterocycles. The number of alkyl halides is 1. The standard InChI is InChI=1S/C27H45FO5/c1-16(6-9-24(30)32-5)18-7-8-19-25-20(10-11-26(18,19)2)27(3)14-21(28)22(29)12-17(27)13-23(25)33-15-31-4/h16-23,25,29H,6-15H2,1-5H3/t16-,17+,18-,19?,20?,21+,22-,23-,25?,26-,27+/m1/s1. The highest BCUT2D eigenvalue weighted by Crippen LogP contribution is 2.68. The zero-order valence-corrected chi connectivity index (χ0v) is 21.2. The number of fused-ring (bicyclic) bond motifs is 5. The fourth-order valence-electron chi connectivity index (χ4n) is 9.13. The Morgan fingerprint density at radius 3 is 2.55 bits per heavy atom. The van der Waals surface area contributed by atoms with Crippen molar-refractivity contribution in [2.45, 2.75) is 96.9 Å². The molecule has 0 aliphatic heterocycles. The Kier molecular flexibility index (Phi) is 7.49. The smallest absolute Gasteiger partial charge is 0.305 e. The molecule has 1 N–H and O–H groups in total. The van der Waals surface area contributed by atoms with Crippen molar-refractivity contribution >= 4 is 5.97 Å². The Morgan fingerprint density at radius 1 is 1.12 bits per heavy atom. The van der Waals surface area contributed by atoms with Crippen LogP contribution in [0.5, 0.6) is 0 Å². The summed E-state index contributed by atoms with van der Waals surface area (Å²) in [5.41, 5.74) is 0.143. The molecule has 0 amide bonds.